The molecule has 3 heterocycles. The van der Waals surface area contributed by atoms with Gasteiger partial charge in [0.1, 0.15) is 5.58 Å². The Bertz CT molecular complexity index is 1500. The Hall–Kier alpha value is -3.65. The van der Waals surface area contributed by atoms with Gasteiger partial charge < -0.3 is 13.9 Å². The van der Waals surface area contributed by atoms with Crippen LogP contribution in [0.5, 0.6) is 11.5 Å². The molecule has 1 unspecified atom stereocenters. The van der Waals surface area contributed by atoms with E-state index in [0.29, 0.717) is 51.3 Å². The maximum absolute atomic E-state index is 13.7. The van der Waals surface area contributed by atoms with Crippen molar-refractivity contribution in [2.45, 2.75) is 40.2 Å². The first-order chi connectivity index (χ1) is 17.3. The van der Waals surface area contributed by atoms with Crippen molar-refractivity contribution >= 4 is 33.3 Å². The molecule has 4 aromatic rings. The van der Waals surface area contributed by atoms with Crippen LogP contribution in [0.4, 0.5) is 5.13 Å². The first-order valence-electron chi connectivity index (χ1n) is 11.9. The summed E-state index contributed by atoms with van der Waals surface area (Å²) in [5.74, 6) is 1.33. The summed E-state index contributed by atoms with van der Waals surface area (Å²) in [6, 6.07) is 11.8. The summed E-state index contributed by atoms with van der Waals surface area (Å²) in [4.78, 5) is 34.6. The molecule has 1 aliphatic heterocycles. The van der Waals surface area contributed by atoms with Crippen molar-refractivity contribution in [3.05, 3.63) is 80.1 Å². The minimum Gasteiger partial charge on any atom is -0.493 e. The van der Waals surface area contributed by atoms with Gasteiger partial charge in [0.25, 0.3) is 5.91 Å². The fourth-order valence-electron chi connectivity index (χ4n) is 4.37. The number of carbonyl (C=O) groups excluding carboxylic acids is 1. The molecule has 0 fully saturated rings. The maximum atomic E-state index is 13.7. The van der Waals surface area contributed by atoms with Crippen LogP contribution in [0.25, 0.3) is 11.0 Å². The Kier molecular flexibility index (Phi) is 6.30. The standard InChI is InChI=1S/C28H28N2O5S/c1-15(2)12-13-34-21-11-10-18(14-22(21)33-5)24-23-25(31)19-8-6-7-9-20(19)35-26(23)27(32)30(24)28-29-16(3)17(4)36-28/h6-11,14-15,24H,12-13H2,1-5H3. The molecule has 0 saturated heterocycles. The van der Waals surface area contributed by atoms with E-state index < -0.39 is 6.04 Å². The van der Waals surface area contributed by atoms with Gasteiger partial charge in [-0.05, 0) is 56.0 Å². The molecule has 186 valence electrons. The number of carbonyl (C=O) groups is 1. The number of hydrogen-bond donors (Lipinski definition) is 0. The fourth-order valence-corrected chi connectivity index (χ4v) is 5.31. The van der Waals surface area contributed by atoms with Crippen LogP contribution in [-0.4, -0.2) is 24.6 Å². The quantitative estimate of drug-likeness (QED) is 0.305. The number of ether oxygens (including phenoxy) is 2. The van der Waals surface area contributed by atoms with E-state index in [0.717, 1.165) is 17.0 Å². The van der Waals surface area contributed by atoms with Gasteiger partial charge in [0.15, 0.2) is 22.1 Å². The number of anilines is 1. The molecule has 0 saturated carbocycles. The summed E-state index contributed by atoms with van der Waals surface area (Å²) in [6.45, 7) is 8.72. The van der Waals surface area contributed by atoms with Gasteiger partial charge in [-0.1, -0.05) is 32.0 Å². The Morgan fingerprint density at radius 1 is 1.11 bits per heavy atom. The number of hydrogen-bond acceptors (Lipinski definition) is 7. The van der Waals surface area contributed by atoms with E-state index >= 15 is 0 Å². The number of aromatic nitrogens is 1. The number of para-hydroxylation sites is 1. The summed E-state index contributed by atoms with van der Waals surface area (Å²) in [5, 5.41) is 0.953. The van der Waals surface area contributed by atoms with Crippen LogP contribution < -0.4 is 19.8 Å². The molecule has 36 heavy (non-hydrogen) atoms. The number of thiazole rings is 1. The molecule has 0 N–H and O–H groups in total. The average Bonchev–Trinajstić information content (AvgIpc) is 3.34. The first-order valence-corrected chi connectivity index (χ1v) is 12.8. The number of fused-ring (bicyclic) bond motifs is 2. The van der Waals surface area contributed by atoms with Gasteiger partial charge in [0, 0.05) is 4.88 Å². The topological polar surface area (TPSA) is 81.9 Å². The highest BCUT2D eigenvalue weighted by atomic mass is 32.1. The molecular formula is C28H28N2O5S. The van der Waals surface area contributed by atoms with E-state index in [2.05, 4.69) is 18.8 Å². The molecule has 0 spiro atoms. The summed E-state index contributed by atoms with van der Waals surface area (Å²) in [5.41, 5.74) is 2.01. The highest BCUT2D eigenvalue weighted by Gasteiger charge is 2.45. The number of amides is 1. The molecule has 2 aromatic heterocycles. The number of nitrogens with zero attached hydrogens (tertiary/aromatic N) is 2. The zero-order valence-corrected chi connectivity index (χ0v) is 21.8. The van der Waals surface area contributed by atoms with E-state index in [1.165, 1.54) is 11.3 Å². The number of rotatable bonds is 7. The van der Waals surface area contributed by atoms with E-state index in [4.69, 9.17) is 13.9 Å². The number of benzene rings is 2. The SMILES string of the molecule is COc1cc(C2c3c(oc4ccccc4c3=O)C(=O)N2c2nc(C)c(C)s2)ccc1OCCC(C)C. The summed E-state index contributed by atoms with van der Waals surface area (Å²) < 4.78 is 17.6. The van der Waals surface area contributed by atoms with Crippen molar-refractivity contribution in [1.82, 2.24) is 4.98 Å². The number of methoxy groups -OCH3 is 1. The van der Waals surface area contributed by atoms with Gasteiger partial charge >= 0.3 is 0 Å². The van der Waals surface area contributed by atoms with Gasteiger partial charge in [0.2, 0.25) is 5.76 Å². The molecule has 1 atom stereocenters. The molecule has 5 rings (SSSR count). The third kappa shape index (κ3) is 4.05. The fraction of sp³-hybridized carbons (Fsp3) is 0.321. The van der Waals surface area contributed by atoms with Crippen LogP contribution in [0.2, 0.25) is 0 Å². The Morgan fingerprint density at radius 2 is 1.89 bits per heavy atom. The lowest BCUT2D eigenvalue weighted by molar-refractivity contribution is 0.0971. The first kappa shape index (κ1) is 24.1. The second-order valence-electron chi connectivity index (χ2n) is 9.33. The minimum absolute atomic E-state index is 0.0467. The minimum atomic E-state index is -0.711. The molecule has 0 radical (unpaired) electrons. The Balaban J connectivity index is 1.68. The summed E-state index contributed by atoms with van der Waals surface area (Å²) >= 11 is 1.42. The largest absolute Gasteiger partial charge is 0.493 e. The lowest BCUT2D eigenvalue weighted by Crippen LogP contribution is -2.29. The van der Waals surface area contributed by atoms with Crippen LogP contribution in [0.15, 0.2) is 51.7 Å². The van der Waals surface area contributed by atoms with E-state index in [1.807, 2.05) is 32.0 Å². The molecule has 0 aliphatic carbocycles. The normalized spacial score (nSPS) is 15.1. The van der Waals surface area contributed by atoms with Gasteiger partial charge in [0.05, 0.1) is 36.4 Å². The van der Waals surface area contributed by atoms with E-state index in [-0.39, 0.29) is 17.1 Å². The maximum Gasteiger partial charge on any atom is 0.297 e. The molecular weight excluding hydrogens is 476 g/mol. The summed E-state index contributed by atoms with van der Waals surface area (Å²) in [7, 11) is 1.58. The van der Waals surface area contributed by atoms with Crippen molar-refractivity contribution in [3.63, 3.8) is 0 Å². The van der Waals surface area contributed by atoms with Crippen LogP contribution in [0.3, 0.4) is 0 Å². The van der Waals surface area contributed by atoms with Gasteiger partial charge in [-0.3, -0.25) is 14.5 Å². The average molecular weight is 505 g/mol. The van der Waals surface area contributed by atoms with Crippen molar-refractivity contribution in [2.75, 3.05) is 18.6 Å². The molecule has 7 nitrogen and oxygen atoms in total. The van der Waals surface area contributed by atoms with Crippen LogP contribution in [0, 0.1) is 19.8 Å². The van der Waals surface area contributed by atoms with Crippen LogP contribution in [0.1, 0.15) is 58.6 Å². The molecule has 0 bridgehead atoms. The van der Waals surface area contributed by atoms with Gasteiger partial charge in [-0.25, -0.2) is 4.98 Å². The van der Waals surface area contributed by atoms with Crippen molar-refractivity contribution < 1.29 is 18.7 Å². The lowest BCUT2D eigenvalue weighted by atomic mass is 9.98. The van der Waals surface area contributed by atoms with Crippen LogP contribution in [-0.2, 0) is 0 Å². The van der Waals surface area contributed by atoms with Crippen molar-refractivity contribution in [2.24, 2.45) is 5.92 Å². The Labute approximate surface area is 213 Å². The second kappa shape index (κ2) is 9.43. The highest BCUT2D eigenvalue weighted by molar-refractivity contribution is 7.15. The van der Waals surface area contributed by atoms with Gasteiger partial charge in [-0.15, -0.1) is 11.3 Å². The molecule has 2 aromatic carbocycles. The number of aryl methyl sites for hydroxylation is 2. The third-order valence-corrected chi connectivity index (χ3v) is 7.53. The smallest absolute Gasteiger partial charge is 0.297 e. The van der Waals surface area contributed by atoms with Crippen molar-refractivity contribution in [1.29, 1.82) is 0 Å². The van der Waals surface area contributed by atoms with Gasteiger partial charge in [-0.2, -0.15) is 0 Å². The Morgan fingerprint density at radius 3 is 2.58 bits per heavy atom. The lowest BCUT2D eigenvalue weighted by Gasteiger charge is -2.23. The predicted molar refractivity (Wildman–Crippen MR) is 141 cm³/mol. The second-order valence-corrected chi connectivity index (χ2v) is 10.5. The van der Waals surface area contributed by atoms with Crippen LogP contribution >= 0.6 is 11.3 Å². The monoisotopic (exact) mass is 504 g/mol. The molecule has 1 amide bonds. The van der Waals surface area contributed by atoms with E-state index in [1.54, 1.807) is 36.3 Å². The molecule has 8 heteroatoms. The van der Waals surface area contributed by atoms with Crippen molar-refractivity contribution in [3.8, 4) is 11.5 Å². The third-order valence-electron chi connectivity index (χ3n) is 6.46. The van der Waals surface area contributed by atoms with E-state index in [9.17, 15) is 9.59 Å². The summed E-state index contributed by atoms with van der Waals surface area (Å²) in [6.07, 6.45) is 0.917. The predicted octanol–water partition coefficient (Wildman–Crippen LogP) is 6.05. The highest BCUT2D eigenvalue weighted by Crippen LogP contribution is 2.44. The zero-order chi connectivity index (χ0) is 25.6. The zero-order valence-electron chi connectivity index (χ0n) is 21.0. The molecule has 1 aliphatic rings.